The van der Waals surface area contributed by atoms with Crippen molar-refractivity contribution in [1.82, 2.24) is 14.6 Å². The SMILES string of the molecule is COc1cn2nc(CCC(C)(C)O)cc2cc1NC(=O)c1c(C2CC2)cc[nH]c1=O. The zero-order chi connectivity index (χ0) is 21.5. The molecular weight excluding hydrogens is 384 g/mol. The maximum absolute atomic E-state index is 13.0. The van der Waals surface area contributed by atoms with Gasteiger partial charge < -0.3 is 20.1 Å². The number of anilines is 1. The summed E-state index contributed by atoms with van der Waals surface area (Å²) in [6.07, 6.45) is 6.46. The third kappa shape index (κ3) is 4.23. The number of ether oxygens (including phenoxy) is 1. The molecule has 3 aromatic heterocycles. The molecule has 3 aromatic rings. The highest BCUT2D eigenvalue weighted by Gasteiger charge is 2.30. The molecule has 1 fully saturated rings. The van der Waals surface area contributed by atoms with E-state index in [-0.39, 0.29) is 11.5 Å². The topological polar surface area (TPSA) is 109 Å². The molecule has 158 valence electrons. The van der Waals surface area contributed by atoms with Crippen LogP contribution >= 0.6 is 0 Å². The number of fused-ring (bicyclic) bond motifs is 1. The molecule has 0 atom stereocenters. The van der Waals surface area contributed by atoms with E-state index in [2.05, 4.69) is 15.4 Å². The summed E-state index contributed by atoms with van der Waals surface area (Å²) in [5, 5.41) is 17.3. The Morgan fingerprint density at radius 3 is 2.83 bits per heavy atom. The highest BCUT2D eigenvalue weighted by molar-refractivity contribution is 6.06. The maximum atomic E-state index is 13.0. The first-order chi connectivity index (χ1) is 14.2. The maximum Gasteiger partial charge on any atom is 0.261 e. The summed E-state index contributed by atoms with van der Waals surface area (Å²) < 4.78 is 7.11. The first kappa shape index (κ1) is 20.2. The van der Waals surface area contributed by atoms with Crippen LogP contribution in [0.5, 0.6) is 5.75 Å². The molecule has 0 aromatic carbocycles. The van der Waals surface area contributed by atoms with Gasteiger partial charge in [-0.15, -0.1) is 0 Å². The lowest BCUT2D eigenvalue weighted by Gasteiger charge is -2.15. The van der Waals surface area contributed by atoms with Crippen LogP contribution in [0.4, 0.5) is 5.69 Å². The van der Waals surface area contributed by atoms with E-state index in [4.69, 9.17) is 4.74 Å². The Labute approximate surface area is 173 Å². The summed E-state index contributed by atoms with van der Waals surface area (Å²) in [6, 6.07) is 5.48. The molecule has 0 spiro atoms. The van der Waals surface area contributed by atoms with E-state index in [0.717, 1.165) is 29.6 Å². The Kier molecular flexibility index (Phi) is 5.11. The molecule has 3 heterocycles. The van der Waals surface area contributed by atoms with E-state index >= 15 is 0 Å². The molecule has 8 nitrogen and oxygen atoms in total. The third-order valence-corrected chi connectivity index (χ3v) is 5.31. The number of amides is 1. The largest absolute Gasteiger partial charge is 0.493 e. The van der Waals surface area contributed by atoms with Crippen molar-refractivity contribution >= 4 is 17.1 Å². The van der Waals surface area contributed by atoms with E-state index in [0.29, 0.717) is 24.3 Å². The number of aromatic amines is 1. The zero-order valence-corrected chi connectivity index (χ0v) is 17.4. The lowest BCUT2D eigenvalue weighted by Crippen LogP contribution is -2.25. The second-order valence-electron chi connectivity index (χ2n) is 8.44. The molecule has 1 saturated carbocycles. The van der Waals surface area contributed by atoms with E-state index in [9.17, 15) is 14.7 Å². The van der Waals surface area contributed by atoms with Gasteiger partial charge in [-0.3, -0.25) is 9.59 Å². The number of carbonyl (C=O) groups excluding carboxylic acids is 1. The molecule has 4 rings (SSSR count). The minimum absolute atomic E-state index is 0.154. The van der Waals surface area contributed by atoms with Gasteiger partial charge in [0.25, 0.3) is 11.5 Å². The van der Waals surface area contributed by atoms with Gasteiger partial charge in [0.2, 0.25) is 0 Å². The first-order valence-electron chi connectivity index (χ1n) is 10.1. The number of H-pyrrole nitrogens is 1. The van der Waals surface area contributed by atoms with Gasteiger partial charge in [-0.1, -0.05) is 0 Å². The van der Waals surface area contributed by atoms with Crippen LogP contribution in [0.15, 0.2) is 35.4 Å². The number of pyridine rings is 2. The standard InChI is InChI=1S/C22H26N4O4/c1-22(2,29)8-6-14-10-15-11-17(18(30-3)12-26(15)25-14)24-21(28)19-16(13-4-5-13)7-9-23-20(19)27/h7,9-13,29H,4-6,8H2,1-3H3,(H,23,27)(H,24,28). The number of aromatic nitrogens is 3. The zero-order valence-electron chi connectivity index (χ0n) is 17.4. The highest BCUT2D eigenvalue weighted by Crippen LogP contribution is 2.41. The smallest absolute Gasteiger partial charge is 0.261 e. The van der Waals surface area contributed by atoms with Gasteiger partial charge in [-0.25, -0.2) is 4.52 Å². The number of hydrogen-bond donors (Lipinski definition) is 3. The molecule has 0 saturated heterocycles. The minimum Gasteiger partial charge on any atom is -0.493 e. The minimum atomic E-state index is -0.769. The van der Waals surface area contributed by atoms with Crippen molar-refractivity contribution in [3.8, 4) is 5.75 Å². The van der Waals surface area contributed by atoms with Crippen LogP contribution < -0.4 is 15.6 Å². The predicted octanol–water partition coefficient (Wildman–Crippen LogP) is 2.86. The molecule has 0 aliphatic heterocycles. The van der Waals surface area contributed by atoms with Crippen LogP contribution in [0.1, 0.15) is 60.6 Å². The van der Waals surface area contributed by atoms with Gasteiger partial charge in [0.05, 0.1) is 35.8 Å². The monoisotopic (exact) mass is 410 g/mol. The second kappa shape index (κ2) is 7.60. The molecular formula is C22H26N4O4. The number of methoxy groups -OCH3 is 1. The number of rotatable bonds is 7. The Balaban J connectivity index is 1.64. The molecule has 0 radical (unpaired) electrons. The van der Waals surface area contributed by atoms with E-state index < -0.39 is 17.1 Å². The summed E-state index contributed by atoms with van der Waals surface area (Å²) in [7, 11) is 1.51. The number of aliphatic hydroxyl groups is 1. The molecule has 0 bridgehead atoms. The Bertz CT molecular complexity index is 1150. The van der Waals surface area contributed by atoms with Crippen molar-refractivity contribution in [2.75, 3.05) is 12.4 Å². The van der Waals surface area contributed by atoms with Crippen molar-refractivity contribution in [3.63, 3.8) is 0 Å². The fourth-order valence-electron chi connectivity index (χ4n) is 3.54. The first-order valence-corrected chi connectivity index (χ1v) is 10.1. The van der Waals surface area contributed by atoms with Crippen molar-refractivity contribution < 1.29 is 14.6 Å². The van der Waals surface area contributed by atoms with Crippen molar-refractivity contribution in [3.05, 3.63) is 57.8 Å². The molecule has 3 N–H and O–H groups in total. The molecule has 1 amide bonds. The lowest BCUT2D eigenvalue weighted by atomic mass is 10.0. The van der Waals surface area contributed by atoms with Gasteiger partial charge in [0, 0.05) is 6.20 Å². The Morgan fingerprint density at radius 1 is 1.40 bits per heavy atom. The Hall–Kier alpha value is -3.13. The molecule has 8 heteroatoms. The van der Waals surface area contributed by atoms with Gasteiger partial charge in [0.15, 0.2) is 5.75 Å². The van der Waals surface area contributed by atoms with Crippen LogP contribution in [-0.2, 0) is 6.42 Å². The summed E-state index contributed by atoms with van der Waals surface area (Å²) in [5.74, 6) is 0.252. The third-order valence-electron chi connectivity index (χ3n) is 5.31. The average molecular weight is 410 g/mol. The fraction of sp³-hybridized carbons (Fsp3) is 0.409. The number of nitrogens with one attached hydrogen (secondary N) is 2. The van der Waals surface area contributed by atoms with E-state index in [1.165, 1.54) is 7.11 Å². The molecule has 1 aliphatic carbocycles. The van der Waals surface area contributed by atoms with Gasteiger partial charge in [0.1, 0.15) is 5.56 Å². The van der Waals surface area contributed by atoms with Crippen LogP contribution in [-0.4, -0.2) is 38.3 Å². The quantitative estimate of drug-likeness (QED) is 0.555. The summed E-state index contributed by atoms with van der Waals surface area (Å²) >= 11 is 0. The van der Waals surface area contributed by atoms with Crippen molar-refractivity contribution in [2.45, 2.75) is 51.0 Å². The van der Waals surface area contributed by atoms with Crippen LogP contribution in [0.2, 0.25) is 0 Å². The molecule has 1 aliphatic rings. The van der Waals surface area contributed by atoms with Crippen molar-refractivity contribution in [1.29, 1.82) is 0 Å². The van der Waals surface area contributed by atoms with Gasteiger partial charge in [-0.05, 0) is 69.2 Å². The number of nitrogens with zero attached hydrogens (tertiary/aromatic N) is 2. The molecule has 0 unspecified atom stereocenters. The summed E-state index contributed by atoms with van der Waals surface area (Å²) in [4.78, 5) is 27.9. The Morgan fingerprint density at radius 2 is 2.17 bits per heavy atom. The lowest BCUT2D eigenvalue weighted by molar-refractivity contribution is 0.0711. The molecule has 30 heavy (non-hydrogen) atoms. The highest BCUT2D eigenvalue weighted by atomic mass is 16.5. The van der Waals surface area contributed by atoms with Crippen molar-refractivity contribution in [2.24, 2.45) is 0 Å². The predicted molar refractivity (Wildman–Crippen MR) is 113 cm³/mol. The van der Waals surface area contributed by atoms with E-state index in [1.807, 2.05) is 6.07 Å². The fourth-order valence-corrected chi connectivity index (χ4v) is 3.54. The number of carbonyl (C=O) groups is 1. The van der Waals surface area contributed by atoms with Gasteiger partial charge in [-0.2, -0.15) is 5.10 Å². The summed E-state index contributed by atoms with van der Waals surface area (Å²) in [6.45, 7) is 3.53. The number of hydrogen-bond acceptors (Lipinski definition) is 5. The normalized spacial score (nSPS) is 14.1. The van der Waals surface area contributed by atoms with Crippen LogP contribution in [0.3, 0.4) is 0 Å². The van der Waals surface area contributed by atoms with Gasteiger partial charge >= 0.3 is 0 Å². The summed E-state index contributed by atoms with van der Waals surface area (Å²) in [5.41, 5.74) is 1.86. The number of aryl methyl sites for hydroxylation is 1. The van der Waals surface area contributed by atoms with Crippen LogP contribution in [0, 0.1) is 0 Å². The second-order valence-corrected chi connectivity index (χ2v) is 8.44. The van der Waals surface area contributed by atoms with E-state index in [1.54, 1.807) is 42.9 Å². The average Bonchev–Trinajstić information content (AvgIpc) is 3.45. The van der Waals surface area contributed by atoms with Crippen LogP contribution in [0.25, 0.3) is 5.52 Å².